The van der Waals surface area contributed by atoms with E-state index in [4.69, 9.17) is 14.6 Å². The molecule has 1 spiro atoms. The van der Waals surface area contributed by atoms with Crippen LogP contribution in [0.1, 0.15) is 59.8 Å². The molecule has 2 bridgehead atoms. The molecule has 2 unspecified atom stereocenters. The zero-order valence-corrected chi connectivity index (χ0v) is 21.7. The normalized spacial score (nSPS) is 28.8. The summed E-state index contributed by atoms with van der Waals surface area (Å²) in [6.45, 7) is 8.66. The number of likely N-dealkylation sites (tertiary alicyclic amines) is 1. The lowest BCUT2D eigenvalue weighted by Gasteiger charge is -2.35. The molecule has 3 amide bonds. The van der Waals surface area contributed by atoms with Gasteiger partial charge in [0.15, 0.2) is 0 Å². The molecule has 0 saturated carbocycles. The number of aliphatic hydroxyl groups excluding tert-OH is 1. The van der Waals surface area contributed by atoms with E-state index in [1.54, 1.807) is 29.2 Å². The van der Waals surface area contributed by atoms with E-state index in [1.807, 2.05) is 27.7 Å². The molecular formula is C27H39N3O6. The smallest absolute Gasteiger partial charge is 0.246 e. The van der Waals surface area contributed by atoms with Gasteiger partial charge >= 0.3 is 0 Å². The second-order valence-corrected chi connectivity index (χ2v) is 11.1. The average Bonchev–Trinajstić information content (AvgIpc) is 3.44. The summed E-state index contributed by atoms with van der Waals surface area (Å²) < 4.78 is 11.9. The number of amides is 3. The molecule has 198 valence electrons. The van der Waals surface area contributed by atoms with Gasteiger partial charge in [-0.1, -0.05) is 0 Å². The molecule has 3 N–H and O–H groups in total. The summed E-state index contributed by atoms with van der Waals surface area (Å²) in [5.41, 5.74) is -0.860. The van der Waals surface area contributed by atoms with E-state index in [0.717, 1.165) is 6.42 Å². The van der Waals surface area contributed by atoms with E-state index in [9.17, 15) is 14.4 Å². The zero-order valence-electron chi connectivity index (χ0n) is 21.7. The predicted octanol–water partition coefficient (Wildman–Crippen LogP) is 2.48. The summed E-state index contributed by atoms with van der Waals surface area (Å²) in [6, 6.07) is 6.35. The molecule has 0 aromatic heterocycles. The molecule has 36 heavy (non-hydrogen) atoms. The highest BCUT2D eigenvalue weighted by atomic mass is 16.5. The van der Waals surface area contributed by atoms with Crippen molar-refractivity contribution >= 4 is 23.4 Å². The van der Waals surface area contributed by atoms with Crippen molar-refractivity contribution in [3.8, 4) is 5.75 Å². The Morgan fingerprint density at radius 2 is 1.89 bits per heavy atom. The van der Waals surface area contributed by atoms with Crippen molar-refractivity contribution in [3.05, 3.63) is 24.3 Å². The van der Waals surface area contributed by atoms with Crippen LogP contribution in [0.2, 0.25) is 0 Å². The van der Waals surface area contributed by atoms with Crippen LogP contribution in [0.3, 0.4) is 0 Å². The number of nitrogens with zero attached hydrogens (tertiary/aromatic N) is 1. The predicted molar refractivity (Wildman–Crippen MR) is 134 cm³/mol. The lowest BCUT2D eigenvalue weighted by atomic mass is 9.70. The third kappa shape index (κ3) is 4.95. The van der Waals surface area contributed by atoms with Crippen molar-refractivity contribution in [2.75, 3.05) is 25.1 Å². The highest BCUT2D eigenvalue weighted by Crippen LogP contribution is 2.58. The highest BCUT2D eigenvalue weighted by molar-refractivity contribution is 6.02. The summed E-state index contributed by atoms with van der Waals surface area (Å²) in [5, 5.41) is 15.1. The lowest BCUT2D eigenvalue weighted by Crippen LogP contribution is -2.58. The molecular weight excluding hydrogens is 462 g/mol. The third-order valence-electron chi connectivity index (χ3n) is 7.34. The molecule has 9 heteroatoms. The number of nitrogens with one attached hydrogen (secondary N) is 2. The number of rotatable bonds is 10. The second-order valence-electron chi connectivity index (χ2n) is 11.1. The number of hydrogen-bond acceptors (Lipinski definition) is 6. The average molecular weight is 502 g/mol. The molecule has 3 fully saturated rings. The first-order valence-electron chi connectivity index (χ1n) is 13.1. The minimum absolute atomic E-state index is 0.0903. The number of unbranched alkanes of at least 4 members (excludes halogenated alkanes) is 2. The van der Waals surface area contributed by atoms with Crippen molar-refractivity contribution in [3.63, 3.8) is 0 Å². The molecule has 4 rings (SSSR count). The van der Waals surface area contributed by atoms with Crippen LogP contribution in [0.25, 0.3) is 0 Å². The SMILES string of the molecule is CCOc1ccc(NC(=O)[C@@H]2[C@H]3C(=O)N(CCCCCO)C(C(=O)NC(C)(C)C)C34CC[C@H]2O4)cc1. The highest BCUT2D eigenvalue weighted by Gasteiger charge is 2.74. The Morgan fingerprint density at radius 3 is 2.53 bits per heavy atom. The number of ether oxygens (including phenoxy) is 2. The van der Waals surface area contributed by atoms with E-state index in [0.29, 0.717) is 50.3 Å². The number of hydrogen-bond donors (Lipinski definition) is 3. The quantitative estimate of drug-likeness (QED) is 0.424. The van der Waals surface area contributed by atoms with Crippen LogP contribution >= 0.6 is 0 Å². The van der Waals surface area contributed by atoms with Gasteiger partial charge in [-0.2, -0.15) is 0 Å². The molecule has 5 atom stereocenters. The fourth-order valence-electron chi connectivity index (χ4n) is 6.03. The van der Waals surface area contributed by atoms with E-state index in [1.165, 1.54) is 0 Å². The van der Waals surface area contributed by atoms with Gasteiger partial charge in [0.25, 0.3) is 0 Å². The first kappa shape index (κ1) is 26.4. The van der Waals surface area contributed by atoms with Crippen molar-refractivity contribution in [2.45, 2.75) is 83.1 Å². The molecule has 0 aliphatic carbocycles. The maximum atomic E-state index is 13.8. The summed E-state index contributed by atoms with van der Waals surface area (Å²) in [4.78, 5) is 42.5. The number of fused-ring (bicyclic) bond motifs is 1. The fraction of sp³-hybridized carbons (Fsp3) is 0.667. The fourth-order valence-corrected chi connectivity index (χ4v) is 6.03. The molecule has 3 heterocycles. The van der Waals surface area contributed by atoms with Crippen molar-refractivity contribution < 1.29 is 29.0 Å². The van der Waals surface area contributed by atoms with Crippen molar-refractivity contribution in [1.82, 2.24) is 10.2 Å². The van der Waals surface area contributed by atoms with Gasteiger partial charge in [-0.3, -0.25) is 14.4 Å². The number of anilines is 1. The molecule has 3 aliphatic heterocycles. The molecule has 0 radical (unpaired) electrons. The van der Waals surface area contributed by atoms with E-state index in [2.05, 4.69) is 10.6 Å². The zero-order chi connectivity index (χ0) is 26.1. The Labute approximate surface area is 212 Å². The maximum Gasteiger partial charge on any atom is 0.246 e. The van der Waals surface area contributed by atoms with E-state index < -0.39 is 35.1 Å². The number of carbonyl (C=O) groups excluding carboxylic acids is 3. The Balaban J connectivity index is 1.58. The molecule has 9 nitrogen and oxygen atoms in total. The Bertz CT molecular complexity index is 975. The Kier molecular flexibility index (Phi) is 7.61. The standard InChI is InChI=1S/C27H39N3O6/c1-5-35-18-11-9-17(10-12-18)28-23(32)20-19-13-14-27(36-19)21(20)25(34)30(15-7-6-8-16-31)22(27)24(33)29-26(2,3)4/h9-12,19-22,31H,5-8,13-16H2,1-4H3,(H,28,32)(H,29,33)/t19-,20+,21+,22?,27?/m1/s1. The van der Waals surface area contributed by atoms with Crippen molar-refractivity contribution in [2.24, 2.45) is 11.8 Å². The third-order valence-corrected chi connectivity index (χ3v) is 7.34. The Hall–Kier alpha value is -2.65. The molecule has 3 aliphatic rings. The van der Waals surface area contributed by atoms with Crippen LogP contribution in [-0.4, -0.2) is 70.8 Å². The molecule has 1 aromatic rings. The minimum atomic E-state index is -1.01. The van der Waals surface area contributed by atoms with Gasteiger partial charge in [0, 0.05) is 24.4 Å². The van der Waals surface area contributed by atoms with Gasteiger partial charge in [0.2, 0.25) is 17.7 Å². The minimum Gasteiger partial charge on any atom is -0.494 e. The summed E-state index contributed by atoms with van der Waals surface area (Å²) >= 11 is 0. The van der Waals surface area contributed by atoms with Crippen LogP contribution in [-0.2, 0) is 19.1 Å². The summed E-state index contributed by atoms with van der Waals surface area (Å²) in [6.07, 6.45) is 2.85. The van der Waals surface area contributed by atoms with Crippen LogP contribution in [0.15, 0.2) is 24.3 Å². The van der Waals surface area contributed by atoms with Crippen LogP contribution in [0.4, 0.5) is 5.69 Å². The number of benzene rings is 1. The maximum absolute atomic E-state index is 13.8. The van der Waals surface area contributed by atoms with E-state index in [-0.39, 0.29) is 24.3 Å². The van der Waals surface area contributed by atoms with E-state index >= 15 is 0 Å². The monoisotopic (exact) mass is 501 g/mol. The summed E-state index contributed by atoms with van der Waals surface area (Å²) in [7, 11) is 0. The van der Waals surface area contributed by atoms with Crippen LogP contribution in [0.5, 0.6) is 5.75 Å². The topological polar surface area (TPSA) is 117 Å². The largest absolute Gasteiger partial charge is 0.494 e. The molecule has 1 aromatic carbocycles. The van der Waals surface area contributed by atoms with Gasteiger partial charge in [0.1, 0.15) is 17.4 Å². The number of aliphatic hydroxyl groups is 1. The van der Waals surface area contributed by atoms with Gasteiger partial charge in [-0.15, -0.1) is 0 Å². The van der Waals surface area contributed by atoms with Crippen LogP contribution in [0, 0.1) is 11.8 Å². The summed E-state index contributed by atoms with van der Waals surface area (Å²) in [5.74, 6) is -1.34. The first-order valence-corrected chi connectivity index (χ1v) is 13.1. The lowest BCUT2D eigenvalue weighted by molar-refractivity contribution is -0.142. The Morgan fingerprint density at radius 1 is 1.17 bits per heavy atom. The first-order chi connectivity index (χ1) is 17.1. The second kappa shape index (κ2) is 10.4. The van der Waals surface area contributed by atoms with Crippen LogP contribution < -0.4 is 15.4 Å². The van der Waals surface area contributed by atoms with Gasteiger partial charge in [-0.25, -0.2) is 0 Å². The molecule has 3 saturated heterocycles. The van der Waals surface area contributed by atoms with Gasteiger partial charge < -0.3 is 30.1 Å². The van der Waals surface area contributed by atoms with Gasteiger partial charge in [0.05, 0.1) is 24.5 Å². The van der Waals surface area contributed by atoms with Gasteiger partial charge in [-0.05, 0) is 84.1 Å². The van der Waals surface area contributed by atoms with Crippen molar-refractivity contribution in [1.29, 1.82) is 0 Å². The number of carbonyl (C=O) groups is 3.